The Morgan fingerprint density at radius 1 is 0.882 bits per heavy atom. The highest BCUT2D eigenvalue weighted by Crippen LogP contribution is 2.24. The third kappa shape index (κ3) is 5.88. The Hall–Kier alpha value is -3.51. The van der Waals surface area contributed by atoms with Crippen molar-refractivity contribution in [1.82, 2.24) is 10.3 Å². The molecule has 0 saturated heterocycles. The van der Waals surface area contributed by atoms with Crippen molar-refractivity contribution in [3.05, 3.63) is 107 Å². The lowest BCUT2D eigenvalue weighted by Crippen LogP contribution is -2.25. The molecule has 0 unspecified atom stereocenters. The number of benzene rings is 3. The predicted molar refractivity (Wildman–Crippen MR) is 135 cm³/mol. The molecule has 0 aliphatic carbocycles. The molecule has 0 radical (unpaired) electrons. The first-order valence-corrected chi connectivity index (χ1v) is 12.6. The van der Waals surface area contributed by atoms with Crippen LogP contribution in [0.3, 0.4) is 0 Å². The lowest BCUT2D eigenvalue weighted by Gasteiger charge is -2.06. The largest absolute Gasteiger partial charge is 0.441 e. The van der Waals surface area contributed by atoms with Crippen LogP contribution in [0.15, 0.2) is 82.1 Å². The monoisotopic (exact) mass is 472 g/mol. The van der Waals surface area contributed by atoms with Gasteiger partial charge in [0, 0.05) is 22.6 Å². The van der Waals surface area contributed by atoms with Crippen LogP contribution < -0.4 is 5.32 Å². The third-order valence-corrected chi connectivity index (χ3v) is 6.99. The third-order valence-electron chi connectivity index (χ3n) is 5.66. The molecule has 1 aromatic heterocycles. The highest BCUT2D eigenvalue weighted by atomic mass is 32.2. The van der Waals surface area contributed by atoms with Gasteiger partial charge in [0.2, 0.25) is 5.89 Å². The Labute approximate surface area is 202 Å². The van der Waals surface area contributed by atoms with Gasteiger partial charge in [0.1, 0.15) is 5.76 Å². The van der Waals surface area contributed by atoms with Gasteiger partial charge in [-0.15, -0.1) is 0 Å². The zero-order valence-electron chi connectivity index (χ0n) is 19.6. The van der Waals surface area contributed by atoms with E-state index in [-0.39, 0.29) is 5.91 Å². The number of amides is 1. The van der Waals surface area contributed by atoms with E-state index in [2.05, 4.69) is 41.5 Å². The molecular weight excluding hydrogens is 444 g/mol. The topological polar surface area (TPSA) is 72.2 Å². The SMILES string of the molecule is Cc1ccc(CCNC(=O)c2ccc(-c3nc(C[S@@](=O)c4ccc(C)cc4)c(C)o3)cc2)cc1. The van der Waals surface area contributed by atoms with Gasteiger partial charge in [-0.05, 0) is 69.2 Å². The molecule has 1 amide bonds. The zero-order valence-corrected chi connectivity index (χ0v) is 20.4. The van der Waals surface area contributed by atoms with Crippen molar-refractivity contribution in [2.45, 2.75) is 37.8 Å². The Kier molecular flexibility index (Phi) is 7.38. The van der Waals surface area contributed by atoms with Gasteiger partial charge >= 0.3 is 0 Å². The molecule has 0 spiro atoms. The molecule has 4 rings (SSSR count). The van der Waals surface area contributed by atoms with Crippen molar-refractivity contribution in [3.63, 3.8) is 0 Å². The van der Waals surface area contributed by atoms with E-state index >= 15 is 0 Å². The zero-order chi connectivity index (χ0) is 24.1. The summed E-state index contributed by atoms with van der Waals surface area (Å²) in [6.07, 6.45) is 0.784. The Bertz CT molecular complexity index is 1290. The molecule has 174 valence electrons. The normalized spacial score (nSPS) is 11.9. The second-order valence-corrected chi connectivity index (χ2v) is 9.84. The summed E-state index contributed by atoms with van der Waals surface area (Å²) in [6, 6.07) is 23.2. The number of nitrogens with one attached hydrogen (secondary N) is 1. The summed E-state index contributed by atoms with van der Waals surface area (Å²) >= 11 is 0. The number of carbonyl (C=O) groups is 1. The number of rotatable bonds is 8. The minimum Gasteiger partial charge on any atom is -0.441 e. The van der Waals surface area contributed by atoms with Crippen LogP contribution in [0.25, 0.3) is 11.5 Å². The van der Waals surface area contributed by atoms with Gasteiger partial charge in [-0.3, -0.25) is 9.00 Å². The average Bonchev–Trinajstić information content (AvgIpc) is 3.20. The standard InChI is InChI=1S/C28H28N2O3S/c1-19-4-8-22(9-5-19)16-17-29-27(31)23-10-12-24(13-11-23)28-30-26(21(3)33-28)18-34(32)25-14-6-20(2)7-15-25/h4-15H,16-18H2,1-3H3,(H,29,31)/t34-/m1/s1. The first-order valence-electron chi connectivity index (χ1n) is 11.2. The summed E-state index contributed by atoms with van der Waals surface area (Å²) < 4.78 is 18.6. The lowest BCUT2D eigenvalue weighted by atomic mass is 10.1. The first-order chi connectivity index (χ1) is 16.4. The van der Waals surface area contributed by atoms with E-state index in [4.69, 9.17) is 4.42 Å². The number of oxazole rings is 1. The second kappa shape index (κ2) is 10.6. The molecule has 1 N–H and O–H groups in total. The smallest absolute Gasteiger partial charge is 0.251 e. The highest BCUT2D eigenvalue weighted by Gasteiger charge is 2.16. The summed E-state index contributed by atoms with van der Waals surface area (Å²) in [4.78, 5) is 17.8. The molecule has 4 aromatic rings. The van der Waals surface area contributed by atoms with Crippen molar-refractivity contribution < 1.29 is 13.4 Å². The number of carbonyl (C=O) groups excluding carboxylic acids is 1. The van der Waals surface area contributed by atoms with Crippen molar-refractivity contribution in [2.75, 3.05) is 6.54 Å². The van der Waals surface area contributed by atoms with E-state index in [0.29, 0.717) is 35.2 Å². The molecule has 34 heavy (non-hydrogen) atoms. The predicted octanol–water partition coefficient (Wildman–Crippen LogP) is 5.55. The summed E-state index contributed by atoms with van der Waals surface area (Å²) in [7, 11) is -1.20. The quantitative estimate of drug-likeness (QED) is 0.365. The van der Waals surface area contributed by atoms with E-state index < -0.39 is 10.8 Å². The van der Waals surface area contributed by atoms with Gasteiger partial charge in [0.25, 0.3) is 5.91 Å². The van der Waals surface area contributed by atoms with Crippen molar-refractivity contribution in [1.29, 1.82) is 0 Å². The van der Waals surface area contributed by atoms with Crippen LogP contribution in [-0.2, 0) is 23.0 Å². The van der Waals surface area contributed by atoms with Crippen molar-refractivity contribution in [3.8, 4) is 11.5 Å². The maximum atomic E-state index is 12.7. The van der Waals surface area contributed by atoms with Crippen LogP contribution in [0.5, 0.6) is 0 Å². The Morgan fingerprint density at radius 2 is 1.50 bits per heavy atom. The first kappa shape index (κ1) is 23.6. The van der Waals surface area contributed by atoms with E-state index in [1.165, 1.54) is 11.1 Å². The van der Waals surface area contributed by atoms with Crippen molar-refractivity contribution >= 4 is 16.7 Å². The molecule has 1 atom stereocenters. The van der Waals surface area contributed by atoms with Gasteiger partial charge < -0.3 is 9.73 Å². The molecule has 0 saturated carbocycles. The molecule has 0 fully saturated rings. The lowest BCUT2D eigenvalue weighted by molar-refractivity contribution is 0.0954. The average molecular weight is 473 g/mol. The number of aryl methyl sites for hydroxylation is 3. The molecular formula is C28H28N2O3S. The Morgan fingerprint density at radius 3 is 2.15 bits per heavy atom. The number of hydrogen-bond acceptors (Lipinski definition) is 4. The molecule has 0 aliphatic rings. The summed E-state index contributed by atoms with van der Waals surface area (Å²) in [6.45, 7) is 6.46. The second-order valence-electron chi connectivity index (χ2n) is 8.39. The van der Waals surface area contributed by atoms with Crippen molar-refractivity contribution in [2.24, 2.45) is 0 Å². The summed E-state index contributed by atoms with van der Waals surface area (Å²) in [5.41, 5.74) is 5.57. The molecule has 1 heterocycles. The number of aromatic nitrogens is 1. The van der Waals surface area contributed by atoms with Crippen LogP contribution in [0.2, 0.25) is 0 Å². The maximum absolute atomic E-state index is 12.7. The van der Waals surface area contributed by atoms with E-state index in [1.54, 1.807) is 12.1 Å². The Balaban J connectivity index is 1.36. The molecule has 3 aromatic carbocycles. The molecule has 5 nitrogen and oxygen atoms in total. The van der Waals surface area contributed by atoms with Gasteiger partial charge in [0.05, 0.1) is 22.2 Å². The maximum Gasteiger partial charge on any atom is 0.251 e. The van der Waals surface area contributed by atoms with E-state index in [1.807, 2.05) is 50.2 Å². The molecule has 0 aliphatic heterocycles. The molecule has 6 heteroatoms. The number of nitrogens with zero attached hydrogens (tertiary/aromatic N) is 1. The van der Waals surface area contributed by atoms with Crippen LogP contribution >= 0.6 is 0 Å². The van der Waals surface area contributed by atoms with Crippen LogP contribution in [-0.4, -0.2) is 21.6 Å². The fourth-order valence-corrected chi connectivity index (χ4v) is 4.65. The van der Waals surface area contributed by atoms with Crippen LogP contribution in [0.1, 0.15) is 38.5 Å². The minimum atomic E-state index is -1.20. The fraction of sp³-hybridized carbons (Fsp3) is 0.214. The van der Waals surface area contributed by atoms with Gasteiger partial charge in [-0.1, -0.05) is 47.5 Å². The van der Waals surface area contributed by atoms with E-state index in [0.717, 1.165) is 22.4 Å². The molecule has 0 bridgehead atoms. The summed E-state index contributed by atoms with van der Waals surface area (Å²) in [5.74, 6) is 1.28. The highest BCUT2D eigenvalue weighted by molar-refractivity contribution is 7.84. The van der Waals surface area contributed by atoms with Crippen LogP contribution in [0.4, 0.5) is 0 Å². The van der Waals surface area contributed by atoms with Gasteiger partial charge in [-0.25, -0.2) is 4.98 Å². The van der Waals surface area contributed by atoms with E-state index in [9.17, 15) is 9.00 Å². The number of hydrogen-bond donors (Lipinski definition) is 1. The fourth-order valence-electron chi connectivity index (χ4n) is 3.52. The van der Waals surface area contributed by atoms with Gasteiger partial charge in [0.15, 0.2) is 0 Å². The summed E-state index contributed by atoms with van der Waals surface area (Å²) in [5, 5.41) is 2.96. The minimum absolute atomic E-state index is 0.114. The van der Waals surface area contributed by atoms with Crippen LogP contribution in [0, 0.1) is 20.8 Å². The van der Waals surface area contributed by atoms with Gasteiger partial charge in [-0.2, -0.15) is 0 Å².